The number of ether oxygens (including phenoxy) is 2. The molecule has 1 amide bonds. The summed E-state index contributed by atoms with van der Waals surface area (Å²) in [5.74, 6) is 0.369. The fourth-order valence-electron chi connectivity index (χ4n) is 2.60. The van der Waals surface area contributed by atoms with E-state index in [2.05, 4.69) is 5.32 Å². The lowest BCUT2D eigenvalue weighted by atomic mass is 10.2. The van der Waals surface area contributed by atoms with Crippen LogP contribution in [0.4, 0.5) is 5.69 Å². The number of sulfonamides is 1. The molecule has 0 aliphatic carbocycles. The first-order valence-electron chi connectivity index (χ1n) is 8.20. The van der Waals surface area contributed by atoms with E-state index in [0.29, 0.717) is 23.6 Å². The number of nitrogens with one attached hydrogen (secondary N) is 1. The molecule has 1 heterocycles. The summed E-state index contributed by atoms with van der Waals surface area (Å²) in [5, 5.41) is 7.74. The van der Waals surface area contributed by atoms with Crippen LogP contribution in [0.15, 0.2) is 53.4 Å². The average molecular weight is 376 g/mol. The Kier molecular flexibility index (Phi) is 5.55. The summed E-state index contributed by atoms with van der Waals surface area (Å²) in [4.78, 5) is 12.2. The Morgan fingerprint density at radius 1 is 1.15 bits per heavy atom. The van der Waals surface area contributed by atoms with E-state index in [9.17, 15) is 13.2 Å². The molecule has 0 radical (unpaired) electrons. The Balaban J connectivity index is 1.57. The molecular weight excluding hydrogens is 356 g/mol. The van der Waals surface area contributed by atoms with Crippen molar-refractivity contribution in [2.75, 3.05) is 18.5 Å². The van der Waals surface area contributed by atoms with Crippen LogP contribution in [0.1, 0.15) is 23.2 Å². The molecule has 8 heteroatoms. The van der Waals surface area contributed by atoms with Crippen LogP contribution in [0.3, 0.4) is 0 Å². The highest BCUT2D eigenvalue weighted by atomic mass is 32.2. The topological polar surface area (TPSA) is 108 Å². The molecule has 2 aromatic carbocycles. The molecule has 1 aliphatic heterocycles. The number of carbonyl (C=O) groups is 1. The maximum Gasteiger partial charge on any atom is 0.255 e. The lowest BCUT2D eigenvalue weighted by Gasteiger charge is -2.12. The van der Waals surface area contributed by atoms with Gasteiger partial charge in [-0.2, -0.15) is 0 Å². The molecule has 26 heavy (non-hydrogen) atoms. The summed E-state index contributed by atoms with van der Waals surface area (Å²) in [6.45, 7) is 1.28. The number of hydrogen-bond donors (Lipinski definition) is 2. The van der Waals surface area contributed by atoms with Gasteiger partial charge in [-0.1, -0.05) is 0 Å². The molecule has 1 fully saturated rings. The molecule has 3 rings (SSSR count). The number of nitrogens with two attached hydrogens (primary N) is 1. The molecule has 0 saturated carbocycles. The fraction of sp³-hybridized carbons (Fsp3) is 0.278. The van der Waals surface area contributed by atoms with Gasteiger partial charge < -0.3 is 14.8 Å². The number of hydrogen-bond acceptors (Lipinski definition) is 5. The quantitative estimate of drug-likeness (QED) is 0.803. The van der Waals surface area contributed by atoms with Crippen molar-refractivity contribution in [3.63, 3.8) is 0 Å². The van der Waals surface area contributed by atoms with Crippen molar-refractivity contribution in [1.82, 2.24) is 0 Å². The smallest absolute Gasteiger partial charge is 0.255 e. The molecule has 1 saturated heterocycles. The van der Waals surface area contributed by atoms with E-state index in [4.69, 9.17) is 14.6 Å². The molecule has 0 spiro atoms. The highest BCUT2D eigenvalue weighted by Crippen LogP contribution is 2.18. The number of primary sulfonamides is 1. The van der Waals surface area contributed by atoms with Gasteiger partial charge in [0.1, 0.15) is 12.4 Å². The van der Waals surface area contributed by atoms with Crippen molar-refractivity contribution < 1.29 is 22.7 Å². The zero-order valence-electron chi connectivity index (χ0n) is 14.1. The van der Waals surface area contributed by atoms with E-state index in [1.54, 1.807) is 24.3 Å². The molecule has 138 valence electrons. The minimum Gasteiger partial charge on any atom is -0.491 e. The van der Waals surface area contributed by atoms with Crippen LogP contribution in [0, 0.1) is 0 Å². The summed E-state index contributed by atoms with van der Waals surface area (Å²) in [7, 11) is -3.75. The van der Waals surface area contributed by atoms with Gasteiger partial charge in [-0.3, -0.25) is 4.79 Å². The van der Waals surface area contributed by atoms with Crippen LogP contribution in [0.25, 0.3) is 0 Å². The Morgan fingerprint density at radius 2 is 1.85 bits per heavy atom. The number of rotatable bonds is 6. The van der Waals surface area contributed by atoms with Crippen molar-refractivity contribution in [1.29, 1.82) is 0 Å². The van der Waals surface area contributed by atoms with Crippen molar-refractivity contribution in [2.24, 2.45) is 5.14 Å². The van der Waals surface area contributed by atoms with Crippen molar-refractivity contribution in [2.45, 2.75) is 23.8 Å². The summed E-state index contributed by atoms with van der Waals surface area (Å²) >= 11 is 0. The van der Waals surface area contributed by atoms with Gasteiger partial charge in [-0.15, -0.1) is 0 Å². The Labute approximate surface area is 152 Å². The van der Waals surface area contributed by atoms with Crippen LogP contribution >= 0.6 is 0 Å². The predicted octanol–water partition coefficient (Wildman–Crippen LogP) is 2.14. The second-order valence-electron chi connectivity index (χ2n) is 5.99. The van der Waals surface area contributed by atoms with Gasteiger partial charge in [0, 0.05) is 17.9 Å². The molecular formula is C18H20N2O5S. The van der Waals surface area contributed by atoms with Crippen molar-refractivity contribution in [3.05, 3.63) is 54.1 Å². The minimum absolute atomic E-state index is 0.0109. The lowest BCUT2D eigenvalue weighted by molar-refractivity contribution is 0.0679. The number of anilines is 1. The second-order valence-corrected chi connectivity index (χ2v) is 7.56. The third kappa shape index (κ3) is 4.81. The van der Waals surface area contributed by atoms with Gasteiger partial charge in [0.05, 0.1) is 11.0 Å². The fourth-order valence-corrected chi connectivity index (χ4v) is 3.11. The molecule has 1 aliphatic rings. The molecule has 3 N–H and O–H groups in total. The Hall–Kier alpha value is -2.42. The summed E-state index contributed by atoms with van der Waals surface area (Å²) in [5.41, 5.74) is 0.936. The van der Waals surface area contributed by atoms with Gasteiger partial charge in [0.2, 0.25) is 10.0 Å². The van der Waals surface area contributed by atoms with E-state index in [1.165, 1.54) is 24.3 Å². The first-order chi connectivity index (χ1) is 12.4. The van der Waals surface area contributed by atoms with Crippen LogP contribution in [-0.2, 0) is 14.8 Å². The molecule has 2 aromatic rings. The first-order valence-corrected chi connectivity index (χ1v) is 9.75. The average Bonchev–Trinajstić information content (AvgIpc) is 3.13. The van der Waals surface area contributed by atoms with Gasteiger partial charge in [0.25, 0.3) is 5.91 Å². The standard InChI is InChI=1S/C18H20N2O5S/c19-26(22,23)17-9-5-14(6-10-17)20-18(21)13-3-7-15(8-4-13)25-12-16-2-1-11-24-16/h3-10,16H,1-2,11-12H2,(H,20,21)(H2,19,22,23)/t16-/m0/s1. The van der Waals surface area contributed by atoms with E-state index in [-0.39, 0.29) is 16.9 Å². The second kappa shape index (κ2) is 7.86. The molecule has 0 unspecified atom stereocenters. The normalized spacial score (nSPS) is 17.0. The Bertz CT molecular complexity index is 857. The van der Waals surface area contributed by atoms with Gasteiger partial charge >= 0.3 is 0 Å². The lowest BCUT2D eigenvalue weighted by Crippen LogP contribution is -2.16. The van der Waals surface area contributed by atoms with Crippen molar-refractivity contribution >= 4 is 21.6 Å². The van der Waals surface area contributed by atoms with E-state index in [1.807, 2.05) is 0 Å². The SMILES string of the molecule is NS(=O)(=O)c1ccc(NC(=O)c2ccc(OC[C@@H]3CCCO3)cc2)cc1. The van der Waals surface area contributed by atoms with E-state index in [0.717, 1.165) is 19.4 Å². The maximum atomic E-state index is 12.3. The van der Waals surface area contributed by atoms with E-state index < -0.39 is 10.0 Å². The Morgan fingerprint density at radius 3 is 2.42 bits per heavy atom. The first kappa shape index (κ1) is 18.4. The third-order valence-electron chi connectivity index (χ3n) is 4.02. The van der Waals surface area contributed by atoms with E-state index >= 15 is 0 Å². The molecule has 0 aromatic heterocycles. The highest BCUT2D eigenvalue weighted by Gasteiger charge is 2.16. The number of benzene rings is 2. The minimum atomic E-state index is -3.75. The van der Waals surface area contributed by atoms with Gasteiger partial charge in [0.15, 0.2) is 0 Å². The largest absolute Gasteiger partial charge is 0.491 e. The van der Waals surface area contributed by atoms with Crippen LogP contribution in [0.5, 0.6) is 5.75 Å². The number of carbonyl (C=O) groups excluding carboxylic acids is 1. The summed E-state index contributed by atoms with van der Waals surface area (Å²) < 4.78 is 33.6. The zero-order valence-corrected chi connectivity index (χ0v) is 14.9. The zero-order chi connectivity index (χ0) is 18.6. The summed E-state index contributed by atoms with van der Waals surface area (Å²) in [6, 6.07) is 12.4. The number of amides is 1. The molecule has 1 atom stereocenters. The van der Waals surface area contributed by atoms with Crippen LogP contribution in [-0.4, -0.2) is 33.6 Å². The van der Waals surface area contributed by atoms with Crippen LogP contribution in [0.2, 0.25) is 0 Å². The van der Waals surface area contributed by atoms with Gasteiger partial charge in [-0.05, 0) is 61.4 Å². The summed E-state index contributed by atoms with van der Waals surface area (Å²) in [6.07, 6.45) is 2.20. The predicted molar refractivity (Wildman–Crippen MR) is 96.7 cm³/mol. The maximum absolute atomic E-state index is 12.3. The van der Waals surface area contributed by atoms with Crippen LogP contribution < -0.4 is 15.2 Å². The third-order valence-corrected chi connectivity index (χ3v) is 4.95. The molecule has 7 nitrogen and oxygen atoms in total. The van der Waals surface area contributed by atoms with Crippen molar-refractivity contribution in [3.8, 4) is 5.75 Å². The van der Waals surface area contributed by atoms with Gasteiger partial charge in [-0.25, -0.2) is 13.6 Å². The highest BCUT2D eigenvalue weighted by molar-refractivity contribution is 7.89. The molecule has 0 bridgehead atoms. The monoisotopic (exact) mass is 376 g/mol.